The molecule has 8 radical (unpaired) electrons. The van der Waals surface area contributed by atoms with Gasteiger partial charge in [0.2, 0.25) is 0 Å². The first-order valence-electron chi connectivity index (χ1n) is 0. The molecule has 0 aliphatic rings. The maximum atomic E-state index is 0. The second kappa shape index (κ2) is 18.3. The van der Waals surface area contributed by atoms with Gasteiger partial charge in [0, 0.05) is 74.8 Å². The van der Waals surface area contributed by atoms with Gasteiger partial charge in [0.15, 0.2) is 0 Å². The van der Waals surface area contributed by atoms with E-state index in [2.05, 4.69) is 0 Å². The molecule has 16 valence electrons. The van der Waals surface area contributed by atoms with Crippen molar-refractivity contribution in [1.29, 1.82) is 0 Å². The summed E-state index contributed by atoms with van der Waals surface area (Å²) in [7, 11) is 0. The maximum Gasteiger partial charge on any atom is 0 e. The molecular weight excluding hydrogens is 134 g/mol. The third-order valence-corrected chi connectivity index (χ3v) is 0. The average molecular weight is 134 g/mol. The molecule has 0 rings (SSSR count). The summed E-state index contributed by atoms with van der Waals surface area (Å²) in [6.45, 7) is 0. The summed E-state index contributed by atoms with van der Waals surface area (Å²) in [5, 5.41) is 0. The molecule has 0 amide bonds. The van der Waals surface area contributed by atoms with Crippen LogP contribution in [0.2, 0.25) is 0 Å². The van der Waals surface area contributed by atoms with Crippen molar-refractivity contribution >= 4 is 57.8 Å². The van der Waals surface area contributed by atoms with Crippen molar-refractivity contribution < 1.29 is 17.1 Å². The first-order chi connectivity index (χ1) is 0. The molecule has 0 atom stereocenters. The van der Waals surface area contributed by atoms with Crippen molar-refractivity contribution in [2.45, 2.75) is 0 Å². The van der Waals surface area contributed by atoms with Crippen LogP contribution in [0.4, 0.5) is 0 Å². The topological polar surface area (TPSA) is 0 Å². The molecule has 0 saturated carbocycles. The Hall–Kier alpha value is 2.35. The molecule has 0 nitrogen and oxygen atoms in total. The zero-order chi connectivity index (χ0) is 0. The third-order valence-electron chi connectivity index (χ3n) is 0. The van der Waals surface area contributed by atoms with Gasteiger partial charge < -0.3 is 0 Å². The van der Waals surface area contributed by atoms with Gasteiger partial charge in [0.05, 0.1) is 0 Å². The predicted molar refractivity (Wildman–Crippen MR) is 17.3 cm³/mol. The first kappa shape index (κ1) is 32.9. The van der Waals surface area contributed by atoms with Crippen molar-refractivity contribution in [2.75, 3.05) is 0 Å². The second-order valence-electron chi connectivity index (χ2n) is 0. The molecule has 4 heavy (non-hydrogen) atoms. The Bertz CT molecular complexity index is 6.00. The minimum Gasteiger partial charge on any atom is 0 e. The van der Waals surface area contributed by atoms with Crippen LogP contribution in [-0.4, -0.2) is 57.8 Å². The fourth-order valence-corrected chi connectivity index (χ4v) is 0. The van der Waals surface area contributed by atoms with Crippen LogP contribution in [0.1, 0.15) is 0 Å². The van der Waals surface area contributed by atoms with Gasteiger partial charge in [0.25, 0.3) is 0 Å². The Balaban J connectivity index is 0. The minimum atomic E-state index is 0. The van der Waals surface area contributed by atoms with E-state index in [1.54, 1.807) is 0 Å². The summed E-state index contributed by atoms with van der Waals surface area (Å²) in [5.41, 5.74) is 0. The Labute approximate surface area is 74.0 Å². The molecule has 0 bridgehead atoms. The van der Waals surface area contributed by atoms with Crippen LogP contribution in [-0.2, 0) is 17.1 Å². The zero-order valence-electron chi connectivity index (χ0n) is 2.22. The van der Waals surface area contributed by atoms with E-state index in [1.807, 2.05) is 0 Å². The second-order valence-corrected chi connectivity index (χ2v) is 0. The number of hydrogen-bond donors (Lipinski definition) is 0. The summed E-state index contributed by atoms with van der Waals surface area (Å²) in [6, 6.07) is 0. The summed E-state index contributed by atoms with van der Waals surface area (Å²) >= 11 is 0. The van der Waals surface area contributed by atoms with Gasteiger partial charge in [-0.15, -0.1) is 0 Å². The smallest absolute Gasteiger partial charge is 0 e. The molecule has 0 unspecified atom stereocenters. The van der Waals surface area contributed by atoms with E-state index in [0.717, 1.165) is 0 Å². The third kappa shape index (κ3) is 8.84. The maximum absolute atomic E-state index is 0. The molecule has 0 fully saturated rings. The van der Waals surface area contributed by atoms with Crippen LogP contribution < -0.4 is 0 Å². The van der Waals surface area contributed by atoms with E-state index in [0.29, 0.717) is 0 Å². The van der Waals surface area contributed by atoms with Crippen LogP contribution >= 0.6 is 0 Å². The normalized spacial score (nSPS) is 0. The van der Waals surface area contributed by atoms with Crippen molar-refractivity contribution in [1.82, 2.24) is 0 Å². The van der Waals surface area contributed by atoms with Crippen LogP contribution in [0.25, 0.3) is 0 Å². The SMILES string of the molecule is [Al].[Al].[Fe].[Mg]. The minimum absolute atomic E-state index is 0. The van der Waals surface area contributed by atoms with Crippen LogP contribution in [0.15, 0.2) is 0 Å². The molecule has 0 N–H and O–H groups in total. The molecular formula is Al2FeMg. The van der Waals surface area contributed by atoms with Crippen molar-refractivity contribution in [3.8, 4) is 0 Å². The number of rotatable bonds is 0. The molecule has 0 aliphatic heterocycles. The fraction of sp³-hybridized carbons (Fsp3) is 0. The molecule has 0 aromatic carbocycles. The summed E-state index contributed by atoms with van der Waals surface area (Å²) in [4.78, 5) is 0. The van der Waals surface area contributed by atoms with Gasteiger partial charge in [-0.25, -0.2) is 0 Å². The average Bonchev–Trinajstić information content (AvgIpc) is 0. The van der Waals surface area contributed by atoms with Crippen molar-refractivity contribution in [2.24, 2.45) is 0 Å². The van der Waals surface area contributed by atoms with Crippen molar-refractivity contribution in [3.63, 3.8) is 0 Å². The molecule has 0 spiro atoms. The van der Waals surface area contributed by atoms with Crippen molar-refractivity contribution in [3.05, 3.63) is 0 Å². The van der Waals surface area contributed by atoms with Gasteiger partial charge >= 0.3 is 0 Å². The Morgan fingerprint density at radius 3 is 0.750 bits per heavy atom. The summed E-state index contributed by atoms with van der Waals surface area (Å²) in [5.74, 6) is 0. The summed E-state index contributed by atoms with van der Waals surface area (Å²) in [6.07, 6.45) is 0. The van der Waals surface area contributed by atoms with Gasteiger partial charge in [-0.05, 0) is 0 Å². The van der Waals surface area contributed by atoms with Gasteiger partial charge in [-0.1, -0.05) is 0 Å². The first-order valence-corrected chi connectivity index (χ1v) is 0. The molecule has 4 heteroatoms. The zero-order valence-corrected chi connectivity index (χ0v) is 7.04. The standard InChI is InChI=1S/2Al.Fe.Mg. The largest absolute Gasteiger partial charge is 0 e. The van der Waals surface area contributed by atoms with Gasteiger partial charge in [-0.2, -0.15) is 0 Å². The Morgan fingerprint density at radius 1 is 0.750 bits per heavy atom. The predicted octanol–water partition coefficient (Wildman–Crippen LogP) is -1.14. The van der Waals surface area contributed by atoms with E-state index in [1.165, 1.54) is 0 Å². The van der Waals surface area contributed by atoms with Crippen LogP contribution in [0.3, 0.4) is 0 Å². The summed E-state index contributed by atoms with van der Waals surface area (Å²) < 4.78 is 0. The van der Waals surface area contributed by atoms with Gasteiger partial charge in [0.1, 0.15) is 0 Å². The van der Waals surface area contributed by atoms with E-state index < -0.39 is 0 Å². The van der Waals surface area contributed by atoms with Crippen LogP contribution in [0, 0.1) is 0 Å². The fourth-order valence-electron chi connectivity index (χ4n) is 0. The van der Waals surface area contributed by atoms with E-state index in [4.69, 9.17) is 0 Å². The Morgan fingerprint density at radius 2 is 0.750 bits per heavy atom. The molecule has 0 aromatic rings. The quantitative estimate of drug-likeness (QED) is 0.367. The van der Waals surface area contributed by atoms with E-state index in [9.17, 15) is 0 Å². The molecule has 0 aromatic heterocycles. The van der Waals surface area contributed by atoms with Gasteiger partial charge in [-0.3, -0.25) is 0 Å². The molecule has 0 heterocycles. The van der Waals surface area contributed by atoms with E-state index in [-0.39, 0.29) is 74.8 Å². The molecule has 0 saturated heterocycles. The van der Waals surface area contributed by atoms with Crippen LogP contribution in [0.5, 0.6) is 0 Å². The Kier molecular flexibility index (Phi) is 151. The monoisotopic (exact) mass is 134 g/mol. The number of hydrogen-bond acceptors (Lipinski definition) is 0. The van der Waals surface area contributed by atoms with E-state index >= 15 is 0 Å². The molecule has 0 aliphatic carbocycles.